The number of anilines is 2. The number of carbonyl (C=O) groups is 1. The van der Waals surface area contributed by atoms with Crippen molar-refractivity contribution in [1.82, 2.24) is 25.1 Å². The van der Waals surface area contributed by atoms with E-state index < -0.39 is 6.29 Å². The van der Waals surface area contributed by atoms with E-state index in [1.165, 1.54) is 11.8 Å². The molecule has 4 N–H and O–H groups in total. The van der Waals surface area contributed by atoms with Crippen LogP contribution < -0.4 is 16.0 Å². The van der Waals surface area contributed by atoms with Gasteiger partial charge >= 0.3 is 0 Å². The number of aliphatic imine (C=N–C) groups is 1. The van der Waals surface area contributed by atoms with Gasteiger partial charge in [0, 0.05) is 60.6 Å². The first kappa shape index (κ1) is 25.2. The highest BCUT2D eigenvalue weighted by atomic mass is 32.2. The minimum absolute atomic E-state index is 0.0854. The van der Waals surface area contributed by atoms with Crippen molar-refractivity contribution in [2.45, 2.75) is 18.1 Å². The zero-order valence-electron chi connectivity index (χ0n) is 21.1. The number of nitrogens with one attached hydrogen (secondary N) is 4. The number of halogens is 1. The lowest BCUT2D eigenvalue weighted by atomic mass is 10.1. The number of rotatable bonds is 7. The molecule has 9 nitrogen and oxygen atoms in total. The van der Waals surface area contributed by atoms with E-state index in [0.29, 0.717) is 22.9 Å². The number of benzene rings is 1. The number of piperazine rings is 1. The number of aromatic nitrogens is 2. The lowest BCUT2D eigenvalue weighted by molar-refractivity contribution is -0.117. The van der Waals surface area contributed by atoms with Crippen molar-refractivity contribution in [3.8, 4) is 0 Å². The smallest absolute Gasteiger partial charge is 0.239 e. The molecule has 4 heterocycles. The van der Waals surface area contributed by atoms with Crippen LogP contribution >= 0.6 is 11.8 Å². The highest BCUT2D eigenvalue weighted by Crippen LogP contribution is 2.31. The molecule has 1 unspecified atom stereocenters. The molecule has 0 aliphatic carbocycles. The normalized spacial score (nSPS) is 18.8. The van der Waals surface area contributed by atoms with Gasteiger partial charge in [0.25, 0.3) is 0 Å². The number of nitrogens with zero attached hydrogens (tertiary/aromatic N) is 4. The highest BCUT2D eigenvalue weighted by Gasteiger charge is 2.22. The van der Waals surface area contributed by atoms with Crippen molar-refractivity contribution >= 4 is 52.0 Å². The third-order valence-corrected chi connectivity index (χ3v) is 7.42. The monoisotopic (exact) mass is 522 g/mol. The Labute approximate surface area is 219 Å². The SMILES string of the molecule is CSc1cccc(NC2N=CC(C)=C(c3c[nH]c4c(NC(=O)CN5CCN(C)CC5)nccc34)N2)c1F. The molecule has 37 heavy (non-hydrogen) atoms. The Hall–Kier alpha value is -3.41. The number of hydrogen-bond donors (Lipinski definition) is 4. The van der Waals surface area contributed by atoms with Gasteiger partial charge in [0.05, 0.1) is 23.4 Å². The van der Waals surface area contributed by atoms with Gasteiger partial charge in [0.1, 0.15) is 0 Å². The zero-order chi connectivity index (χ0) is 25.9. The van der Waals surface area contributed by atoms with Gasteiger partial charge in [-0.1, -0.05) is 6.07 Å². The second kappa shape index (κ2) is 10.9. The Morgan fingerprint density at radius 2 is 2.05 bits per heavy atom. The third-order valence-electron chi connectivity index (χ3n) is 6.66. The van der Waals surface area contributed by atoms with Crippen LogP contribution in [-0.2, 0) is 4.79 Å². The average Bonchev–Trinajstić information content (AvgIpc) is 3.33. The van der Waals surface area contributed by atoms with Crippen molar-refractivity contribution in [2.24, 2.45) is 4.99 Å². The van der Waals surface area contributed by atoms with Gasteiger partial charge in [0.15, 0.2) is 17.9 Å². The first-order valence-corrected chi connectivity index (χ1v) is 13.4. The van der Waals surface area contributed by atoms with Crippen LogP contribution in [0.4, 0.5) is 15.9 Å². The van der Waals surface area contributed by atoms with E-state index in [-0.39, 0.29) is 11.7 Å². The molecule has 1 atom stereocenters. The maximum absolute atomic E-state index is 14.8. The van der Waals surface area contributed by atoms with Crippen molar-refractivity contribution in [1.29, 1.82) is 0 Å². The summed E-state index contributed by atoms with van der Waals surface area (Å²) in [7, 11) is 2.09. The number of allylic oxidation sites excluding steroid dienone is 1. The molecular weight excluding hydrogens is 491 g/mol. The highest BCUT2D eigenvalue weighted by molar-refractivity contribution is 7.98. The molecule has 2 aliphatic heterocycles. The Bertz CT molecular complexity index is 1360. The molecule has 0 spiro atoms. The second-order valence-corrected chi connectivity index (χ2v) is 10.1. The lowest BCUT2D eigenvalue weighted by Crippen LogP contribution is -2.47. The number of likely N-dealkylation sites (N-methyl/N-ethyl adjacent to an activating group) is 1. The molecule has 2 aliphatic rings. The van der Waals surface area contributed by atoms with E-state index in [1.807, 2.05) is 31.5 Å². The Balaban J connectivity index is 1.33. The average molecular weight is 523 g/mol. The van der Waals surface area contributed by atoms with Crippen LogP contribution in [0.15, 0.2) is 52.1 Å². The third kappa shape index (κ3) is 5.48. The fourth-order valence-electron chi connectivity index (χ4n) is 4.57. The van der Waals surface area contributed by atoms with Gasteiger partial charge in [-0.3, -0.25) is 9.69 Å². The molecular formula is C26H31FN8OS. The topological polar surface area (TPSA) is 101 Å². The summed E-state index contributed by atoms with van der Waals surface area (Å²) in [4.78, 5) is 29.9. The van der Waals surface area contributed by atoms with Crippen molar-refractivity contribution in [2.75, 3.05) is 56.7 Å². The Morgan fingerprint density at radius 1 is 1.24 bits per heavy atom. The number of fused-ring (bicyclic) bond motifs is 1. The van der Waals surface area contributed by atoms with E-state index in [1.54, 1.807) is 24.5 Å². The largest absolute Gasteiger partial charge is 0.357 e. The first-order valence-electron chi connectivity index (χ1n) is 12.2. The number of thioether (sulfide) groups is 1. The molecule has 1 fully saturated rings. The molecule has 1 saturated heterocycles. The van der Waals surface area contributed by atoms with Gasteiger partial charge in [-0.2, -0.15) is 0 Å². The number of amides is 1. The van der Waals surface area contributed by atoms with Crippen molar-refractivity contribution in [3.05, 3.63) is 53.6 Å². The quantitative estimate of drug-likeness (QED) is 0.353. The van der Waals surface area contributed by atoms with E-state index in [0.717, 1.165) is 53.9 Å². The summed E-state index contributed by atoms with van der Waals surface area (Å²) in [6, 6.07) is 7.18. The number of pyridine rings is 1. The predicted molar refractivity (Wildman–Crippen MR) is 148 cm³/mol. The zero-order valence-corrected chi connectivity index (χ0v) is 22.0. The molecule has 0 saturated carbocycles. The fourth-order valence-corrected chi connectivity index (χ4v) is 5.07. The Kier molecular flexibility index (Phi) is 7.45. The number of carbonyl (C=O) groups excluding carboxylic acids is 1. The van der Waals surface area contributed by atoms with Gasteiger partial charge in [-0.25, -0.2) is 14.4 Å². The molecule has 11 heteroatoms. The molecule has 2 aromatic heterocycles. The van der Waals surface area contributed by atoms with Gasteiger partial charge in [0.2, 0.25) is 5.91 Å². The molecule has 5 rings (SSSR count). The fraction of sp³-hybridized carbons (Fsp3) is 0.346. The summed E-state index contributed by atoms with van der Waals surface area (Å²) < 4.78 is 14.8. The van der Waals surface area contributed by atoms with Gasteiger partial charge < -0.3 is 25.8 Å². The minimum Gasteiger partial charge on any atom is -0.357 e. The summed E-state index contributed by atoms with van der Waals surface area (Å²) in [5.41, 5.74) is 3.85. The van der Waals surface area contributed by atoms with E-state index in [2.05, 4.69) is 47.8 Å². The van der Waals surface area contributed by atoms with Crippen LogP contribution in [0.5, 0.6) is 0 Å². The van der Waals surface area contributed by atoms with Crippen molar-refractivity contribution in [3.63, 3.8) is 0 Å². The van der Waals surface area contributed by atoms with Crippen LogP contribution in [0.3, 0.4) is 0 Å². The van der Waals surface area contributed by atoms with Crippen molar-refractivity contribution < 1.29 is 9.18 Å². The minimum atomic E-state index is -0.542. The summed E-state index contributed by atoms with van der Waals surface area (Å²) in [6.07, 6.45) is 6.66. The van der Waals surface area contributed by atoms with E-state index >= 15 is 0 Å². The van der Waals surface area contributed by atoms with Crippen LogP contribution in [-0.4, -0.2) is 84.2 Å². The summed E-state index contributed by atoms with van der Waals surface area (Å²) >= 11 is 1.36. The number of hydrogen-bond acceptors (Lipinski definition) is 8. The van der Waals surface area contributed by atoms with Crippen LogP contribution in [0.2, 0.25) is 0 Å². The molecule has 0 radical (unpaired) electrons. The molecule has 1 amide bonds. The summed E-state index contributed by atoms with van der Waals surface area (Å²) in [5, 5.41) is 10.4. The predicted octanol–water partition coefficient (Wildman–Crippen LogP) is 3.41. The summed E-state index contributed by atoms with van der Waals surface area (Å²) in [5.74, 6) is 0.115. The standard InChI is InChI=1S/C26H31FN8OS/c1-16-13-30-26(31-19-5-4-6-20(37-3)22(19)27)33-23(16)18-14-29-24-17(18)7-8-28-25(24)32-21(36)15-35-11-9-34(2)10-12-35/h4-8,13-14,26,29,31,33H,9-12,15H2,1-3H3,(H,28,32,36). The number of aromatic amines is 1. The van der Waals surface area contributed by atoms with Gasteiger partial charge in [-0.15, -0.1) is 11.8 Å². The van der Waals surface area contributed by atoms with E-state index in [9.17, 15) is 9.18 Å². The second-order valence-electron chi connectivity index (χ2n) is 9.26. The Morgan fingerprint density at radius 3 is 2.84 bits per heavy atom. The van der Waals surface area contributed by atoms with Crippen LogP contribution in [0.1, 0.15) is 12.5 Å². The number of H-pyrrole nitrogens is 1. The van der Waals surface area contributed by atoms with Gasteiger partial charge in [-0.05, 0) is 44.0 Å². The maximum Gasteiger partial charge on any atom is 0.239 e. The molecule has 0 bridgehead atoms. The van der Waals surface area contributed by atoms with Crippen LogP contribution in [0.25, 0.3) is 16.6 Å². The maximum atomic E-state index is 14.8. The van der Waals surface area contributed by atoms with Crippen LogP contribution in [0, 0.1) is 5.82 Å². The summed E-state index contributed by atoms with van der Waals surface area (Å²) in [6.45, 7) is 5.96. The molecule has 194 valence electrons. The van der Waals surface area contributed by atoms with E-state index in [4.69, 9.17) is 0 Å². The molecule has 3 aromatic rings. The lowest BCUT2D eigenvalue weighted by Gasteiger charge is -2.31. The first-order chi connectivity index (χ1) is 17.9. The molecule has 1 aromatic carbocycles.